The Morgan fingerprint density at radius 1 is 1.43 bits per heavy atom. The molecule has 0 bridgehead atoms. The molecule has 0 atom stereocenters. The maximum atomic E-state index is 12.1. The second kappa shape index (κ2) is 6.93. The van der Waals surface area contributed by atoms with Gasteiger partial charge in [0.05, 0.1) is 12.0 Å². The van der Waals surface area contributed by atoms with Gasteiger partial charge in [0.15, 0.2) is 0 Å². The molecule has 108 valence electrons. The van der Waals surface area contributed by atoms with Crippen molar-refractivity contribution in [2.75, 3.05) is 19.0 Å². The quantitative estimate of drug-likeness (QED) is 0.857. The molecule has 0 aliphatic heterocycles. The Bertz CT molecular complexity index is 710. The van der Waals surface area contributed by atoms with Crippen molar-refractivity contribution in [1.29, 1.82) is 0 Å². The molecule has 1 aromatic heterocycles. The van der Waals surface area contributed by atoms with Crippen molar-refractivity contribution >= 4 is 22.9 Å². The molecule has 5 heteroatoms. The third kappa shape index (κ3) is 3.85. The molecule has 21 heavy (non-hydrogen) atoms. The lowest BCUT2D eigenvalue weighted by Crippen LogP contribution is -2.11. The molecule has 1 amide bonds. The molecule has 2 N–H and O–H groups in total. The van der Waals surface area contributed by atoms with E-state index in [0.29, 0.717) is 10.6 Å². The fourth-order valence-electron chi connectivity index (χ4n) is 1.75. The van der Waals surface area contributed by atoms with E-state index in [0.717, 1.165) is 16.8 Å². The average molecular weight is 301 g/mol. The summed E-state index contributed by atoms with van der Waals surface area (Å²) in [6.45, 7) is 1.73. The highest BCUT2D eigenvalue weighted by Gasteiger charge is 2.11. The smallest absolute Gasteiger partial charge is 0.265 e. The van der Waals surface area contributed by atoms with Crippen LogP contribution in [0.3, 0.4) is 0 Å². The van der Waals surface area contributed by atoms with Crippen LogP contribution in [0, 0.1) is 18.8 Å². The van der Waals surface area contributed by atoms with E-state index in [2.05, 4.69) is 17.2 Å². The van der Waals surface area contributed by atoms with Gasteiger partial charge in [0, 0.05) is 22.7 Å². The maximum Gasteiger partial charge on any atom is 0.265 e. The molecule has 2 aromatic rings. The fourth-order valence-corrected chi connectivity index (χ4v) is 2.50. The highest BCUT2D eigenvalue weighted by molar-refractivity contribution is 7.12. The van der Waals surface area contributed by atoms with E-state index in [9.17, 15) is 4.79 Å². The summed E-state index contributed by atoms with van der Waals surface area (Å²) in [7, 11) is 1.57. The van der Waals surface area contributed by atoms with Crippen molar-refractivity contribution in [1.82, 2.24) is 0 Å². The van der Waals surface area contributed by atoms with Gasteiger partial charge in [0.25, 0.3) is 5.91 Å². The van der Waals surface area contributed by atoms with Crippen molar-refractivity contribution in [3.8, 4) is 17.6 Å². The number of ether oxygens (including phenoxy) is 1. The summed E-state index contributed by atoms with van der Waals surface area (Å²) in [6, 6.07) is 7.18. The van der Waals surface area contributed by atoms with E-state index >= 15 is 0 Å². The van der Waals surface area contributed by atoms with E-state index in [1.54, 1.807) is 30.7 Å². The Labute approximate surface area is 127 Å². The molecule has 0 saturated heterocycles. The van der Waals surface area contributed by atoms with Gasteiger partial charge in [0.2, 0.25) is 0 Å². The molecule has 0 aliphatic rings. The third-order valence-corrected chi connectivity index (χ3v) is 3.73. The number of aliphatic hydroxyl groups excluding tert-OH is 1. The zero-order chi connectivity index (χ0) is 15.2. The molecule has 2 rings (SSSR count). The van der Waals surface area contributed by atoms with Gasteiger partial charge in [0.1, 0.15) is 12.4 Å². The number of aryl methyl sites for hydroxylation is 1. The number of benzene rings is 1. The summed E-state index contributed by atoms with van der Waals surface area (Å²) in [6.07, 6.45) is 0. The highest BCUT2D eigenvalue weighted by Crippen LogP contribution is 2.23. The normalized spacial score (nSPS) is 9.67. The van der Waals surface area contributed by atoms with Gasteiger partial charge in [-0.25, -0.2) is 0 Å². The number of carbonyl (C=O) groups excluding carboxylic acids is 1. The van der Waals surface area contributed by atoms with Gasteiger partial charge in [-0.2, -0.15) is 0 Å². The van der Waals surface area contributed by atoms with Crippen LogP contribution in [0.5, 0.6) is 5.75 Å². The summed E-state index contributed by atoms with van der Waals surface area (Å²) in [5.41, 5.74) is 2.45. The second-order valence-corrected chi connectivity index (χ2v) is 5.21. The molecule has 0 fully saturated rings. The largest absolute Gasteiger partial charge is 0.496 e. The number of methoxy groups -OCH3 is 1. The van der Waals surface area contributed by atoms with E-state index in [-0.39, 0.29) is 12.5 Å². The van der Waals surface area contributed by atoms with Crippen molar-refractivity contribution in [3.63, 3.8) is 0 Å². The molecular weight excluding hydrogens is 286 g/mol. The summed E-state index contributed by atoms with van der Waals surface area (Å²) in [5, 5.41) is 13.3. The summed E-state index contributed by atoms with van der Waals surface area (Å²) >= 11 is 1.33. The minimum absolute atomic E-state index is 0.166. The van der Waals surface area contributed by atoms with Gasteiger partial charge >= 0.3 is 0 Å². The number of hydrogen-bond donors (Lipinski definition) is 2. The first-order chi connectivity index (χ1) is 10.1. The molecule has 0 saturated carbocycles. The van der Waals surface area contributed by atoms with Gasteiger partial charge in [-0.3, -0.25) is 4.79 Å². The number of amides is 1. The highest BCUT2D eigenvalue weighted by atomic mass is 32.1. The van der Waals surface area contributed by atoms with Crippen LogP contribution in [0.15, 0.2) is 29.6 Å². The first-order valence-electron chi connectivity index (χ1n) is 6.28. The van der Waals surface area contributed by atoms with Gasteiger partial charge in [-0.15, -0.1) is 11.3 Å². The number of rotatable bonds is 3. The van der Waals surface area contributed by atoms with Crippen LogP contribution in [0.2, 0.25) is 0 Å². The van der Waals surface area contributed by atoms with Crippen molar-refractivity contribution < 1.29 is 14.6 Å². The van der Waals surface area contributed by atoms with Gasteiger partial charge < -0.3 is 15.2 Å². The minimum Gasteiger partial charge on any atom is -0.496 e. The molecule has 0 unspecified atom stereocenters. The van der Waals surface area contributed by atoms with E-state index in [1.165, 1.54) is 11.3 Å². The number of anilines is 1. The first kappa shape index (κ1) is 15.1. The predicted molar refractivity (Wildman–Crippen MR) is 84.0 cm³/mol. The molecule has 1 aromatic carbocycles. The summed E-state index contributed by atoms with van der Waals surface area (Å²) in [4.78, 5) is 12.7. The zero-order valence-corrected chi connectivity index (χ0v) is 12.6. The van der Waals surface area contributed by atoms with E-state index in [4.69, 9.17) is 9.84 Å². The third-order valence-electron chi connectivity index (χ3n) is 2.82. The number of hydrogen-bond acceptors (Lipinski definition) is 4. The zero-order valence-electron chi connectivity index (χ0n) is 11.8. The van der Waals surface area contributed by atoms with Gasteiger partial charge in [-0.05, 0) is 30.7 Å². The standard InChI is InChI=1S/C16H15NO3S/c1-11-8-12(4-3-7-18)5-6-14(11)17-16(19)15-9-13(20-2)10-21-15/h5-6,8-10,18H,7H2,1-2H3,(H,17,19). The Morgan fingerprint density at radius 2 is 2.24 bits per heavy atom. The first-order valence-corrected chi connectivity index (χ1v) is 7.16. The lowest BCUT2D eigenvalue weighted by atomic mass is 10.1. The number of thiophene rings is 1. The van der Waals surface area contributed by atoms with Crippen LogP contribution in [0.4, 0.5) is 5.69 Å². The van der Waals surface area contributed by atoms with Crippen LogP contribution >= 0.6 is 11.3 Å². The fraction of sp³-hybridized carbons (Fsp3) is 0.188. The molecule has 4 nitrogen and oxygen atoms in total. The molecular formula is C16H15NO3S. The Morgan fingerprint density at radius 3 is 2.86 bits per heavy atom. The maximum absolute atomic E-state index is 12.1. The van der Waals surface area contributed by atoms with Crippen molar-refractivity contribution in [2.45, 2.75) is 6.92 Å². The number of carbonyl (C=O) groups is 1. The van der Waals surface area contributed by atoms with E-state index in [1.807, 2.05) is 13.0 Å². The Hall–Kier alpha value is -2.29. The van der Waals surface area contributed by atoms with Crippen LogP contribution < -0.4 is 10.1 Å². The predicted octanol–water partition coefficient (Wildman–Crippen LogP) is 2.66. The number of aliphatic hydroxyl groups is 1. The molecule has 0 aliphatic carbocycles. The Balaban J connectivity index is 2.14. The monoisotopic (exact) mass is 301 g/mol. The lowest BCUT2D eigenvalue weighted by molar-refractivity contribution is 0.103. The average Bonchev–Trinajstić information content (AvgIpc) is 2.96. The molecule has 0 radical (unpaired) electrons. The summed E-state index contributed by atoms with van der Waals surface area (Å²) < 4.78 is 5.07. The SMILES string of the molecule is COc1csc(C(=O)Nc2ccc(C#CCO)cc2C)c1. The van der Waals surface area contributed by atoms with Crippen molar-refractivity contribution in [2.24, 2.45) is 0 Å². The van der Waals surface area contributed by atoms with Gasteiger partial charge in [-0.1, -0.05) is 11.8 Å². The minimum atomic E-state index is -0.169. The van der Waals surface area contributed by atoms with Crippen LogP contribution in [-0.4, -0.2) is 24.7 Å². The van der Waals surface area contributed by atoms with Crippen LogP contribution in [0.1, 0.15) is 20.8 Å². The molecule has 0 spiro atoms. The number of nitrogens with one attached hydrogen (secondary N) is 1. The Kier molecular flexibility index (Phi) is 4.99. The van der Waals surface area contributed by atoms with Crippen LogP contribution in [0.25, 0.3) is 0 Å². The van der Waals surface area contributed by atoms with Crippen molar-refractivity contribution in [3.05, 3.63) is 45.6 Å². The molecule has 1 heterocycles. The second-order valence-electron chi connectivity index (χ2n) is 4.29. The lowest BCUT2D eigenvalue weighted by Gasteiger charge is -2.07. The summed E-state index contributed by atoms with van der Waals surface area (Å²) in [5.74, 6) is 5.94. The van der Waals surface area contributed by atoms with Crippen LogP contribution in [-0.2, 0) is 0 Å². The van der Waals surface area contributed by atoms with E-state index < -0.39 is 0 Å². The topological polar surface area (TPSA) is 58.6 Å².